The highest BCUT2D eigenvalue weighted by molar-refractivity contribution is 6.29. The van der Waals surface area contributed by atoms with E-state index >= 15 is 0 Å². The number of nitrogens with zero attached hydrogens (tertiary/aromatic N) is 2. The molecule has 2 aliphatic rings. The number of carbonyl (C=O) groups is 1. The summed E-state index contributed by atoms with van der Waals surface area (Å²) in [4.78, 5) is 19.2. The average Bonchev–Trinajstić information content (AvgIpc) is 3.14. The third kappa shape index (κ3) is 10.7. The van der Waals surface area contributed by atoms with E-state index in [4.69, 9.17) is 30.5 Å². The zero-order chi connectivity index (χ0) is 29.3. The fraction of sp³-hybridized carbons (Fsp3) is 0.562. The van der Waals surface area contributed by atoms with Crippen molar-refractivity contribution in [2.45, 2.75) is 73.1 Å². The van der Waals surface area contributed by atoms with Crippen LogP contribution >= 0.6 is 11.6 Å². The Hall–Kier alpha value is -2.77. The number of piperidine rings is 1. The van der Waals surface area contributed by atoms with E-state index < -0.39 is 0 Å². The molecule has 1 aliphatic heterocycles. The molecule has 1 amide bonds. The molecule has 0 atom stereocenters. The summed E-state index contributed by atoms with van der Waals surface area (Å²) >= 11 is 6.09. The van der Waals surface area contributed by atoms with Gasteiger partial charge in [-0.1, -0.05) is 38.4 Å². The van der Waals surface area contributed by atoms with Crippen molar-refractivity contribution in [2.75, 3.05) is 40.0 Å². The van der Waals surface area contributed by atoms with Gasteiger partial charge in [-0.05, 0) is 63.7 Å². The molecule has 0 saturated carbocycles. The molecule has 2 heterocycles. The topological polar surface area (TPSA) is 70.1 Å². The maximum atomic E-state index is 12.7. The van der Waals surface area contributed by atoms with Crippen LogP contribution in [-0.2, 0) is 19.0 Å². The fourth-order valence-corrected chi connectivity index (χ4v) is 4.65. The second-order valence-corrected chi connectivity index (χ2v) is 10.0. The van der Waals surface area contributed by atoms with Crippen LogP contribution in [0.1, 0.15) is 73.1 Å². The molecule has 0 unspecified atom stereocenters. The molecule has 1 saturated heterocycles. The maximum absolute atomic E-state index is 12.7. The minimum Gasteiger partial charge on any atom is -0.497 e. The number of halogens is 1. The molecular weight excluding hydrogens is 528 g/mol. The normalized spacial score (nSPS) is 16.1. The van der Waals surface area contributed by atoms with Crippen LogP contribution in [0.5, 0.6) is 5.75 Å². The number of pyridine rings is 1. The summed E-state index contributed by atoms with van der Waals surface area (Å²) in [6, 6.07) is 1.84. The van der Waals surface area contributed by atoms with Gasteiger partial charge in [0.25, 0.3) is 0 Å². The summed E-state index contributed by atoms with van der Waals surface area (Å²) in [6.07, 6.45) is 13.9. The van der Waals surface area contributed by atoms with Crippen LogP contribution in [0.4, 0.5) is 0 Å². The van der Waals surface area contributed by atoms with Gasteiger partial charge in [0.15, 0.2) is 5.76 Å². The van der Waals surface area contributed by atoms with Gasteiger partial charge in [-0.2, -0.15) is 0 Å². The van der Waals surface area contributed by atoms with Crippen LogP contribution in [0.2, 0.25) is 0 Å². The van der Waals surface area contributed by atoms with Crippen LogP contribution in [0.15, 0.2) is 46.7 Å². The molecule has 222 valence electrons. The number of fused-ring (bicyclic) bond motifs is 1. The summed E-state index contributed by atoms with van der Waals surface area (Å²) in [5.41, 5.74) is 0. The first-order valence-electron chi connectivity index (χ1n) is 14.6. The van der Waals surface area contributed by atoms with Gasteiger partial charge in [0.2, 0.25) is 5.91 Å². The predicted molar refractivity (Wildman–Crippen MR) is 162 cm³/mol. The Morgan fingerprint density at radius 2 is 1.98 bits per heavy atom. The number of carbonyl (C=O) groups excluding carboxylic acids is 1. The van der Waals surface area contributed by atoms with Gasteiger partial charge < -0.3 is 23.8 Å². The van der Waals surface area contributed by atoms with Crippen LogP contribution in [0.3, 0.4) is 0 Å². The molecule has 1 aromatic rings. The van der Waals surface area contributed by atoms with Gasteiger partial charge in [-0.25, -0.2) is 0 Å². The molecule has 8 heteroatoms. The van der Waals surface area contributed by atoms with E-state index in [0.717, 1.165) is 56.1 Å². The number of methoxy groups -OCH3 is 1. The molecule has 0 spiro atoms. The van der Waals surface area contributed by atoms with E-state index in [2.05, 4.69) is 4.98 Å². The highest BCUT2D eigenvalue weighted by Crippen LogP contribution is 2.20. The van der Waals surface area contributed by atoms with Crippen molar-refractivity contribution in [1.82, 2.24) is 9.88 Å². The lowest BCUT2D eigenvalue weighted by atomic mass is 9.97. The molecule has 1 aliphatic carbocycles. The summed E-state index contributed by atoms with van der Waals surface area (Å²) < 4.78 is 23.5. The van der Waals surface area contributed by atoms with E-state index in [-0.39, 0.29) is 5.91 Å². The summed E-state index contributed by atoms with van der Waals surface area (Å²) in [5, 5.41) is 2.24. The van der Waals surface area contributed by atoms with E-state index in [1.165, 1.54) is 0 Å². The van der Waals surface area contributed by atoms with Crippen molar-refractivity contribution in [1.29, 1.82) is 0 Å². The molecule has 40 heavy (non-hydrogen) atoms. The smallest absolute Gasteiger partial charge is 0.222 e. The Balaban J connectivity index is 0.00000274. The standard InChI is InChI=1S/C30H41ClN2O5.C2H6/c1-5-8-24(19-22(3)31)38-27-12-15-32-26-20-29(28(35-4)11-10-25(26)27)37-18-7-9-30(34)33-16-13-23(14-17-33)21-36-6-2;1-2/h8,10,12,15,19-20,23H,5-7,9,11,13-14,16-18,21H2,1-4H3;1-2H3/b22-19+,24-8+;. The van der Waals surface area contributed by atoms with Gasteiger partial charge in [0, 0.05) is 61.7 Å². The maximum Gasteiger partial charge on any atom is 0.222 e. The molecule has 0 aromatic carbocycles. The Morgan fingerprint density at radius 3 is 2.62 bits per heavy atom. The van der Waals surface area contributed by atoms with E-state index in [0.29, 0.717) is 59.8 Å². The lowest BCUT2D eigenvalue weighted by Gasteiger charge is -2.32. The number of allylic oxidation sites excluding steroid dienone is 5. The van der Waals surface area contributed by atoms with Crippen molar-refractivity contribution >= 4 is 29.7 Å². The first-order chi connectivity index (χ1) is 19.4. The number of hydrogen-bond acceptors (Lipinski definition) is 6. The molecule has 1 fully saturated rings. The van der Waals surface area contributed by atoms with Gasteiger partial charge in [0.1, 0.15) is 17.3 Å². The monoisotopic (exact) mass is 574 g/mol. The fourth-order valence-electron chi connectivity index (χ4n) is 4.54. The Labute approximate surface area is 245 Å². The molecule has 3 rings (SSSR count). The van der Waals surface area contributed by atoms with Crippen molar-refractivity contribution in [3.8, 4) is 5.75 Å². The van der Waals surface area contributed by atoms with Crippen molar-refractivity contribution in [3.63, 3.8) is 0 Å². The van der Waals surface area contributed by atoms with Crippen LogP contribution in [-0.4, -0.2) is 55.8 Å². The number of hydrogen-bond donors (Lipinski definition) is 0. The molecule has 7 nitrogen and oxygen atoms in total. The highest BCUT2D eigenvalue weighted by atomic mass is 35.5. The highest BCUT2D eigenvalue weighted by Gasteiger charge is 2.22. The second-order valence-electron chi connectivity index (χ2n) is 9.44. The van der Waals surface area contributed by atoms with Crippen molar-refractivity contribution in [2.24, 2.45) is 5.92 Å². The zero-order valence-corrected chi connectivity index (χ0v) is 25.9. The van der Waals surface area contributed by atoms with Crippen LogP contribution in [0, 0.1) is 5.92 Å². The van der Waals surface area contributed by atoms with Crippen LogP contribution in [0.25, 0.3) is 12.2 Å². The van der Waals surface area contributed by atoms with Crippen molar-refractivity contribution in [3.05, 3.63) is 57.3 Å². The van der Waals surface area contributed by atoms with Crippen molar-refractivity contribution < 1.29 is 23.7 Å². The van der Waals surface area contributed by atoms with Crippen LogP contribution < -0.4 is 15.3 Å². The number of ether oxygens (including phenoxy) is 4. The molecule has 0 bridgehead atoms. The van der Waals surface area contributed by atoms with E-state index in [1.54, 1.807) is 19.4 Å². The number of rotatable bonds is 13. The van der Waals surface area contributed by atoms with Gasteiger partial charge in [-0.15, -0.1) is 0 Å². The van der Waals surface area contributed by atoms with Gasteiger partial charge in [0.05, 0.1) is 19.1 Å². The largest absolute Gasteiger partial charge is 0.497 e. The summed E-state index contributed by atoms with van der Waals surface area (Å²) in [5.74, 6) is 3.45. The first kappa shape index (κ1) is 33.4. The Kier molecular flexibility index (Phi) is 15.5. The zero-order valence-electron chi connectivity index (χ0n) is 25.1. The summed E-state index contributed by atoms with van der Waals surface area (Å²) in [7, 11) is 1.63. The number of aromatic nitrogens is 1. The second kappa shape index (κ2) is 18.6. The van der Waals surface area contributed by atoms with E-state index in [1.807, 2.05) is 63.8 Å². The lowest BCUT2D eigenvalue weighted by molar-refractivity contribution is -0.133. The van der Waals surface area contributed by atoms with E-state index in [9.17, 15) is 4.79 Å². The third-order valence-corrected chi connectivity index (χ3v) is 6.66. The quantitative estimate of drug-likeness (QED) is 0.168. The molecular formula is C32H47ClN2O5. The molecule has 0 N–H and O–H groups in total. The number of amides is 1. The summed E-state index contributed by atoms with van der Waals surface area (Å²) in [6.45, 7) is 13.5. The third-order valence-electron chi connectivity index (χ3n) is 6.55. The minimum atomic E-state index is 0.188. The molecule has 1 aromatic heterocycles. The predicted octanol–water partition coefficient (Wildman–Crippen LogP) is 5.82. The number of likely N-dealkylation sites (tertiary alicyclic amines) is 1. The SMILES string of the molecule is CC.CC/C=C(\C=C(/C)Cl)Oc1ccnc2c1=CCC(OC)=C(OCCCC(=O)N1CCC(COCC)CC1)C=2. The Morgan fingerprint density at radius 1 is 1.23 bits per heavy atom. The van der Waals surface area contributed by atoms with Gasteiger partial charge >= 0.3 is 0 Å². The Bertz CT molecular complexity index is 1150. The first-order valence-corrected chi connectivity index (χ1v) is 15.0. The lowest BCUT2D eigenvalue weighted by Crippen LogP contribution is -2.39. The van der Waals surface area contributed by atoms with Gasteiger partial charge in [-0.3, -0.25) is 9.78 Å². The average molecular weight is 575 g/mol. The minimum absolute atomic E-state index is 0.188. The molecule has 0 radical (unpaired) electrons.